The molecule has 0 radical (unpaired) electrons. The Kier molecular flexibility index (Phi) is 11.8. The number of aliphatic imine (C=N–C) groups is 1. The first-order chi connectivity index (χ1) is 15.0. The van der Waals surface area contributed by atoms with Gasteiger partial charge in [-0.2, -0.15) is 0 Å². The molecule has 8 nitrogen and oxygen atoms in total. The predicted octanol–water partition coefficient (Wildman–Crippen LogP) is 1.38. The van der Waals surface area contributed by atoms with E-state index < -0.39 is 5.60 Å². The summed E-state index contributed by atoms with van der Waals surface area (Å²) < 4.78 is 16.3. The molecule has 1 saturated heterocycles. The van der Waals surface area contributed by atoms with E-state index in [-0.39, 0.29) is 0 Å². The second-order valence-corrected chi connectivity index (χ2v) is 8.00. The monoisotopic (exact) mass is 436 g/mol. The van der Waals surface area contributed by atoms with E-state index in [0.717, 1.165) is 44.0 Å². The third kappa shape index (κ3) is 10.9. The van der Waals surface area contributed by atoms with Crippen LogP contribution in [-0.2, 0) is 27.4 Å². The van der Waals surface area contributed by atoms with Crippen LogP contribution >= 0.6 is 0 Å². The Morgan fingerprint density at radius 2 is 1.90 bits per heavy atom. The quantitative estimate of drug-likeness (QED) is 0.245. The van der Waals surface area contributed by atoms with Crippen molar-refractivity contribution in [2.75, 3.05) is 65.8 Å². The fourth-order valence-electron chi connectivity index (χ4n) is 3.35. The standard InChI is InChI=1S/C23H40N4O4/c1-4-24-22(26-18-23(3,28)19-27-9-11-30-12-10-27)25-16-20-7-6-8-21(15-20)17-31-14-13-29-5-2/h6-8,15,28H,4-5,9-14,16-19H2,1-3H3,(H2,24,25,26). The number of hydrogen-bond acceptors (Lipinski definition) is 6. The lowest BCUT2D eigenvalue weighted by Gasteiger charge is -2.34. The number of guanidine groups is 1. The van der Waals surface area contributed by atoms with Crippen LogP contribution in [0, 0.1) is 0 Å². The van der Waals surface area contributed by atoms with Gasteiger partial charge >= 0.3 is 0 Å². The van der Waals surface area contributed by atoms with Crippen LogP contribution in [0.4, 0.5) is 0 Å². The van der Waals surface area contributed by atoms with Gasteiger partial charge in [0.05, 0.1) is 45.2 Å². The molecule has 1 aliphatic rings. The van der Waals surface area contributed by atoms with Crippen molar-refractivity contribution in [2.45, 2.75) is 39.5 Å². The molecule has 2 rings (SSSR count). The van der Waals surface area contributed by atoms with E-state index in [1.165, 1.54) is 0 Å². The third-order valence-corrected chi connectivity index (χ3v) is 4.90. The lowest BCUT2D eigenvalue weighted by Crippen LogP contribution is -2.52. The van der Waals surface area contributed by atoms with E-state index in [2.05, 4.69) is 38.7 Å². The number of benzene rings is 1. The third-order valence-electron chi connectivity index (χ3n) is 4.90. The maximum atomic E-state index is 10.8. The molecule has 31 heavy (non-hydrogen) atoms. The molecule has 1 aromatic carbocycles. The Balaban J connectivity index is 1.83. The molecule has 1 aliphatic heterocycles. The van der Waals surface area contributed by atoms with Crippen LogP contribution in [0.15, 0.2) is 29.3 Å². The summed E-state index contributed by atoms with van der Waals surface area (Å²) >= 11 is 0. The van der Waals surface area contributed by atoms with Crippen molar-refractivity contribution in [3.8, 4) is 0 Å². The number of nitrogens with one attached hydrogen (secondary N) is 2. The highest BCUT2D eigenvalue weighted by atomic mass is 16.5. The maximum Gasteiger partial charge on any atom is 0.191 e. The highest BCUT2D eigenvalue weighted by molar-refractivity contribution is 5.79. The van der Waals surface area contributed by atoms with Gasteiger partial charge in [-0.1, -0.05) is 24.3 Å². The predicted molar refractivity (Wildman–Crippen MR) is 123 cm³/mol. The molecule has 1 unspecified atom stereocenters. The van der Waals surface area contributed by atoms with E-state index >= 15 is 0 Å². The van der Waals surface area contributed by atoms with E-state index in [1.54, 1.807) is 0 Å². The summed E-state index contributed by atoms with van der Waals surface area (Å²) in [5.74, 6) is 0.697. The topological polar surface area (TPSA) is 87.6 Å². The first-order valence-electron chi connectivity index (χ1n) is 11.3. The average Bonchev–Trinajstić information content (AvgIpc) is 2.76. The summed E-state index contributed by atoms with van der Waals surface area (Å²) in [6.07, 6.45) is 0. The van der Waals surface area contributed by atoms with Crippen molar-refractivity contribution in [1.82, 2.24) is 15.5 Å². The molecule has 0 bridgehead atoms. The molecule has 176 valence electrons. The Labute approximate surface area is 187 Å². The van der Waals surface area contributed by atoms with Gasteiger partial charge in [0, 0.05) is 39.3 Å². The van der Waals surface area contributed by atoms with Gasteiger partial charge in [0.2, 0.25) is 0 Å². The van der Waals surface area contributed by atoms with E-state index in [1.807, 2.05) is 26.8 Å². The molecule has 0 aromatic heterocycles. The fourth-order valence-corrected chi connectivity index (χ4v) is 3.35. The van der Waals surface area contributed by atoms with Crippen LogP contribution in [0.25, 0.3) is 0 Å². The minimum absolute atomic E-state index is 0.421. The fraction of sp³-hybridized carbons (Fsp3) is 0.696. The molecular formula is C23H40N4O4. The Morgan fingerprint density at radius 3 is 2.65 bits per heavy atom. The lowest BCUT2D eigenvalue weighted by atomic mass is 10.1. The van der Waals surface area contributed by atoms with Crippen LogP contribution in [-0.4, -0.2) is 87.3 Å². The number of ether oxygens (including phenoxy) is 3. The van der Waals surface area contributed by atoms with Crippen molar-refractivity contribution in [3.63, 3.8) is 0 Å². The van der Waals surface area contributed by atoms with Gasteiger partial charge in [0.1, 0.15) is 0 Å². The summed E-state index contributed by atoms with van der Waals surface area (Å²) in [5.41, 5.74) is 1.38. The first kappa shape index (κ1) is 25.5. The zero-order valence-electron chi connectivity index (χ0n) is 19.4. The van der Waals surface area contributed by atoms with E-state index in [0.29, 0.717) is 52.0 Å². The molecule has 0 aliphatic carbocycles. The molecule has 0 amide bonds. The minimum Gasteiger partial charge on any atom is -0.387 e. The van der Waals surface area contributed by atoms with Crippen molar-refractivity contribution in [3.05, 3.63) is 35.4 Å². The van der Waals surface area contributed by atoms with Crippen molar-refractivity contribution in [1.29, 1.82) is 0 Å². The maximum absolute atomic E-state index is 10.8. The highest BCUT2D eigenvalue weighted by Crippen LogP contribution is 2.09. The largest absolute Gasteiger partial charge is 0.387 e. The second kappa shape index (κ2) is 14.4. The van der Waals surface area contributed by atoms with Crippen LogP contribution in [0.3, 0.4) is 0 Å². The number of aliphatic hydroxyl groups is 1. The number of β-amino-alcohol motifs (C(OH)–C–C–N with tert-alkyl or cyclic N) is 1. The summed E-state index contributed by atoms with van der Waals surface area (Å²) in [6.45, 7) is 13.8. The van der Waals surface area contributed by atoms with E-state index in [4.69, 9.17) is 14.2 Å². The van der Waals surface area contributed by atoms with Crippen LogP contribution in [0.1, 0.15) is 31.9 Å². The summed E-state index contributed by atoms with van der Waals surface area (Å²) in [4.78, 5) is 6.92. The molecular weight excluding hydrogens is 396 g/mol. The zero-order valence-corrected chi connectivity index (χ0v) is 19.4. The highest BCUT2D eigenvalue weighted by Gasteiger charge is 2.25. The molecule has 1 fully saturated rings. The van der Waals surface area contributed by atoms with Gasteiger partial charge in [0.15, 0.2) is 5.96 Å². The Bertz CT molecular complexity index is 648. The minimum atomic E-state index is -0.855. The molecule has 3 N–H and O–H groups in total. The average molecular weight is 437 g/mol. The van der Waals surface area contributed by atoms with Crippen molar-refractivity contribution < 1.29 is 19.3 Å². The van der Waals surface area contributed by atoms with Gasteiger partial charge in [-0.15, -0.1) is 0 Å². The van der Waals surface area contributed by atoms with Crippen LogP contribution in [0.2, 0.25) is 0 Å². The number of rotatable bonds is 13. The van der Waals surface area contributed by atoms with Gasteiger partial charge in [-0.3, -0.25) is 4.90 Å². The van der Waals surface area contributed by atoms with Crippen LogP contribution < -0.4 is 10.6 Å². The van der Waals surface area contributed by atoms with Crippen molar-refractivity contribution in [2.24, 2.45) is 4.99 Å². The zero-order chi connectivity index (χ0) is 22.4. The van der Waals surface area contributed by atoms with Gasteiger partial charge < -0.3 is 30.0 Å². The lowest BCUT2D eigenvalue weighted by molar-refractivity contribution is -0.0201. The molecule has 1 heterocycles. The first-order valence-corrected chi connectivity index (χ1v) is 11.3. The Morgan fingerprint density at radius 1 is 1.16 bits per heavy atom. The Hall–Kier alpha value is -1.71. The number of morpholine rings is 1. The normalized spacial score (nSPS) is 17.4. The molecule has 1 aromatic rings. The van der Waals surface area contributed by atoms with Gasteiger partial charge in [-0.25, -0.2) is 4.99 Å². The number of hydrogen-bond donors (Lipinski definition) is 3. The van der Waals surface area contributed by atoms with E-state index in [9.17, 15) is 5.11 Å². The van der Waals surface area contributed by atoms with Crippen LogP contribution in [0.5, 0.6) is 0 Å². The second-order valence-electron chi connectivity index (χ2n) is 8.00. The van der Waals surface area contributed by atoms with Gasteiger partial charge in [-0.05, 0) is 31.9 Å². The summed E-state index contributed by atoms with van der Waals surface area (Å²) in [5, 5.41) is 17.3. The molecule has 0 spiro atoms. The summed E-state index contributed by atoms with van der Waals surface area (Å²) in [7, 11) is 0. The van der Waals surface area contributed by atoms with Gasteiger partial charge in [0.25, 0.3) is 0 Å². The smallest absolute Gasteiger partial charge is 0.191 e. The SMILES string of the molecule is CCNC(=NCc1cccc(COCCOCC)c1)NCC(C)(O)CN1CCOCC1. The molecule has 1 atom stereocenters. The van der Waals surface area contributed by atoms with Crippen molar-refractivity contribution >= 4 is 5.96 Å². The molecule has 0 saturated carbocycles. The number of nitrogens with zero attached hydrogens (tertiary/aromatic N) is 2. The summed E-state index contributed by atoms with van der Waals surface area (Å²) in [6, 6.07) is 8.26. The molecule has 8 heteroatoms.